The second-order valence-corrected chi connectivity index (χ2v) is 3.70. The van der Waals surface area contributed by atoms with E-state index in [1.807, 2.05) is 0 Å². The average Bonchev–Trinajstić information content (AvgIpc) is 2.87. The van der Waals surface area contributed by atoms with Crippen molar-refractivity contribution in [3.8, 4) is 11.5 Å². The van der Waals surface area contributed by atoms with Gasteiger partial charge in [-0.25, -0.2) is 9.79 Å². The minimum Gasteiger partial charge on any atom is -0.497 e. The van der Waals surface area contributed by atoms with Crippen LogP contribution in [0.2, 0.25) is 0 Å². The van der Waals surface area contributed by atoms with Gasteiger partial charge in [-0.3, -0.25) is 0 Å². The number of nitrogens with zero attached hydrogens (tertiary/aromatic N) is 1. The number of benzene rings is 1. The summed E-state index contributed by atoms with van der Waals surface area (Å²) < 4.78 is 15.5. The predicted octanol–water partition coefficient (Wildman–Crippen LogP) is 0.934. The molecule has 2 rings (SSSR count). The molecule has 1 aromatic rings. The first kappa shape index (κ1) is 12.2. The summed E-state index contributed by atoms with van der Waals surface area (Å²) in [6, 6.07) is 4.29. The Bertz CT molecular complexity index is 475. The molecule has 1 aliphatic rings. The number of rotatable bonds is 4. The van der Waals surface area contributed by atoms with Crippen molar-refractivity contribution < 1.29 is 24.1 Å². The number of carboxylic acid groups (broad SMARTS) is 1. The van der Waals surface area contributed by atoms with Crippen LogP contribution in [0.25, 0.3) is 0 Å². The molecule has 1 atom stereocenters. The summed E-state index contributed by atoms with van der Waals surface area (Å²) in [6.07, 6.45) is 0. The number of carboxylic acids is 1. The lowest BCUT2D eigenvalue weighted by Crippen LogP contribution is -2.18. The quantitative estimate of drug-likeness (QED) is 0.861. The molecule has 0 spiro atoms. The lowest BCUT2D eigenvalue weighted by molar-refractivity contribution is -0.138. The van der Waals surface area contributed by atoms with E-state index in [1.165, 1.54) is 14.2 Å². The van der Waals surface area contributed by atoms with Gasteiger partial charge in [-0.2, -0.15) is 0 Å². The zero-order valence-electron chi connectivity index (χ0n) is 10.0. The normalized spacial score (nSPS) is 17.9. The topological polar surface area (TPSA) is 77.4 Å². The minimum absolute atomic E-state index is 0.0458. The van der Waals surface area contributed by atoms with Crippen molar-refractivity contribution >= 4 is 11.9 Å². The highest BCUT2D eigenvalue weighted by molar-refractivity contribution is 5.98. The van der Waals surface area contributed by atoms with Crippen LogP contribution in [0.15, 0.2) is 23.2 Å². The van der Waals surface area contributed by atoms with E-state index in [9.17, 15) is 4.79 Å². The Labute approximate surface area is 104 Å². The van der Waals surface area contributed by atoms with Gasteiger partial charge in [-0.05, 0) is 12.1 Å². The fourth-order valence-electron chi connectivity index (χ4n) is 1.59. The maximum Gasteiger partial charge on any atom is 0.332 e. The predicted molar refractivity (Wildman–Crippen MR) is 63.5 cm³/mol. The molecule has 1 unspecified atom stereocenters. The molecule has 1 heterocycles. The van der Waals surface area contributed by atoms with Gasteiger partial charge in [0.1, 0.15) is 18.1 Å². The van der Waals surface area contributed by atoms with E-state index in [1.54, 1.807) is 18.2 Å². The van der Waals surface area contributed by atoms with E-state index < -0.39 is 12.0 Å². The Hall–Kier alpha value is -2.24. The van der Waals surface area contributed by atoms with Crippen LogP contribution in [0.4, 0.5) is 0 Å². The second-order valence-electron chi connectivity index (χ2n) is 3.70. The van der Waals surface area contributed by atoms with Crippen LogP contribution in [-0.2, 0) is 9.53 Å². The molecule has 0 bridgehead atoms. The molecule has 18 heavy (non-hydrogen) atoms. The van der Waals surface area contributed by atoms with Gasteiger partial charge in [0, 0.05) is 11.6 Å². The summed E-state index contributed by atoms with van der Waals surface area (Å²) in [5, 5.41) is 8.84. The monoisotopic (exact) mass is 251 g/mol. The van der Waals surface area contributed by atoms with Gasteiger partial charge in [-0.1, -0.05) is 0 Å². The van der Waals surface area contributed by atoms with Crippen molar-refractivity contribution in [2.24, 2.45) is 4.99 Å². The molecule has 96 valence electrons. The number of methoxy groups -OCH3 is 2. The molecule has 6 heteroatoms. The SMILES string of the molecule is COc1cc(OC)cc(C2=NC(C(=O)O)CO2)c1. The van der Waals surface area contributed by atoms with Crippen molar-refractivity contribution in [3.63, 3.8) is 0 Å². The van der Waals surface area contributed by atoms with Gasteiger partial charge >= 0.3 is 5.97 Å². The zero-order valence-corrected chi connectivity index (χ0v) is 10.0. The number of aliphatic carboxylic acids is 1. The fourth-order valence-corrected chi connectivity index (χ4v) is 1.59. The summed E-state index contributed by atoms with van der Waals surface area (Å²) >= 11 is 0. The van der Waals surface area contributed by atoms with Gasteiger partial charge in [-0.15, -0.1) is 0 Å². The van der Waals surface area contributed by atoms with Crippen LogP contribution in [0, 0.1) is 0 Å². The third kappa shape index (κ3) is 2.37. The standard InChI is InChI=1S/C12H13NO5/c1-16-8-3-7(4-9(5-8)17-2)11-13-10(6-18-11)12(14)15/h3-5,10H,6H2,1-2H3,(H,14,15). The molecular formula is C12H13NO5. The van der Waals surface area contributed by atoms with Gasteiger partial charge in [0.25, 0.3) is 0 Å². The summed E-state index contributed by atoms with van der Waals surface area (Å²) in [6.45, 7) is 0.0458. The molecular weight excluding hydrogens is 238 g/mol. The molecule has 6 nitrogen and oxygen atoms in total. The first-order chi connectivity index (χ1) is 8.63. The molecule has 0 radical (unpaired) electrons. The van der Waals surface area contributed by atoms with Crippen LogP contribution < -0.4 is 9.47 Å². The lowest BCUT2D eigenvalue weighted by atomic mass is 10.2. The number of aliphatic imine (C=N–C) groups is 1. The Balaban J connectivity index is 2.33. The summed E-state index contributed by atoms with van der Waals surface area (Å²) in [5.74, 6) is 0.475. The first-order valence-corrected chi connectivity index (χ1v) is 5.31. The van der Waals surface area contributed by atoms with E-state index in [0.29, 0.717) is 23.0 Å². The maximum atomic E-state index is 10.8. The van der Waals surface area contributed by atoms with Gasteiger partial charge in [0.2, 0.25) is 5.90 Å². The Morgan fingerprint density at radius 1 is 1.33 bits per heavy atom. The van der Waals surface area contributed by atoms with E-state index in [2.05, 4.69) is 4.99 Å². The number of hydrogen-bond acceptors (Lipinski definition) is 5. The van der Waals surface area contributed by atoms with Gasteiger partial charge in [0.15, 0.2) is 6.04 Å². The van der Waals surface area contributed by atoms with Crippen molar-refractivity contribution in [3.05, 3.63) is 23.8 Å². The van der Waals surface area contributed by atoms with Crippen LogP contribution in [-0.4, -0.2) is 43.8 Å². The van der Waals surface area contributed by atoms with E-state index in [4.69, 9.17) is 19.3 Å². The second kappa shape index (κ2) is 4.95. The third-order valence-corrected chi connectivity index (χ3v) is 2.53. The van der Waals surface area contributed by atoms with Crippen molar-refractivity contribution in [2.45, 2.75) is 6.04 Å². The summed E-state index contributed by atoms with van der Waals surface area (Å²) in [5.41, 5.74) is 0.634. The Kier molecular flexibility index (Phi) is 3.36. The smallest absolute Gasteiger partial charge is 0.332 e. The number of ether oxygens (including phenoxy) is 3. The highest BCUT2D eigenvalue weighted by atomic mass is 16.5. The third-order valence-electron chi connectivity index (χ3n) is 2.53. The molecule has 0 saturated heterocycles. The van der Waals surface area contributed by atoms with E-state index in [-0.39, 0.29) is 6.61 Å². The van der Waals surface area contributed by atoms with Crippen molar-refractivity contribution in [1.29, 1.82) is 0 Å². The highest BCUT2D eigenvalue weighted by Crippen LogP contribution is 2.24. The summed E-state index contributed by atoms with van der Waals surface area (Å²) in [4.78, 5) is 14.8. The first-order valence-electron chi connectivity index (χ1n) is 5.31. The lowest BCUT2D eigenvalue weighted by Gasteiger charge is -2.07. The van der Waals surface area contributed by atoms with Gasteiger partial charge < -0.3 is 19.3 Å². The van der Waals surface area contributed by atoms with E-state index >= 15 is 0 Å². The Morgan fingerprint density at radius 2 is 1.94 bits per heavy atom. The van der Waals surface area contributed by atoms with Crippen LogP contribution in [0.1, 0.15) is 5.56 Å². The van der Waals surface area contributed by atoms with Gasteiger partial charge in [0.05, 0.1) is 14.2 Å². The molecule has 0 fully saturated rings. The van der Waals surface area contributed by atoms with E-state index in [0.717, 1.165) is 0 Å². The largest absolute Gasteiger partial charge is 0.497 e. The minimum atomic E-state index is -1.00. The van der Waals surface area contributed by atoms with Crippen molar-refractivity contribution in [2.75, 3.05) is 20.8 Å². The van der Waals surface area contributed by atoms with Crippen LogP contribution >= 0.6 is 0 Å². The Morgan fingerprint density at radius 3 is 2.39 bits per heavy atom. The molecule has 0 amide bonds. The average molecular weight is 251 g/mol. The molecule has 0 aromatic heterocycles. The van der Waals surface area contributed by atoms with Crippen LogP contribution in [0.3, 0.4) is 0 Å². The number of hydrogen-bond donors (Lipinski definition) is 1. The highest BCUT2D eigenvalue weighted by Gasteiger charge is 2.26. The van der Waals surface area contributed by atoms with Crippen molar-refractivity contribution in [1.82, 2.24) is 0 Å². The fraction of sp³-hybridized carbons (Fsp3) is 0.333. The molecule has 1 aromatic carbocycles. The van der Waals surface area contributed by atoms with Crippen LogP contribution in [0.5, 0.6) is 11.5 Å². The molecule has 1 N–H and O–H groups in total. The number of carbonyl (C=O) groups is 1. The summed E-state index contributed by atoms with van der Waals surface area (Å²) in [7, 11) is 3.08. The molecule has 1 aliphatic heterocycles. The zero-order chi connectivity index (χ0) is 13.1. The maximum absolute atomic E-state index is 10.8. The molecule has 0 saturated carbocycles. The molecule has 0 aliphatic carbocycles.